The first-order valence-corrected chi connectivity index (χ1v) is 4.90. The van der Waals surface area contributed by atoms with E-state index in [2.05, 4.69) is 6.92 Å². The van der Waals surface area contributed by atoms with Crippen molar-refractivity contribution in [2.24, 2.45) is 5.73 Å². The van der Waals surface area contributed by atoms with E-state index in [-0.39, 0.29) is 12.1 Å². The molecule has 0 rings (SSSR count). The first-order chi connectivity index (χ1) is 5.90. The molecule has 0 spiro atoms. The van der Waals surface area contributed by atoms with Gasteiger partial charge in [0.2, 0.25) is 0 Å². The molecule has 0 saturated carbocycles. The van der Waals surface area contributed by atoms with Crippen LogP contribution in [-0.2, 0) is 9.53 Å². The van der Waals surface area contributed by atoms with E-state index in [1.165, 1.54) is 0 Å². The van der Waals surface area contributed by atoms with E-state index in [0.717, 1.165) is 12.8 Å². The zero-order chi connectivity index (χ0) is 10.5. The van der Waals surface area contributed by atoms with E-state index in [9.17, 15) is 4.79 Å². The molecule has 0 aliphatic rings. The predicted molar refractivity (Wildman–Crippen MR) is 53.3 cm³/mol. The molecule has 1 atom stereocenters. The van der Waals surface area contributed by atoms with Crippen LogP contribution in [0, 0.1) is 0 Å². The molecule has 0 aromatic rings. The van der Waals surface area contributed by atoms with E-state index in [1.54, 1.807) is 6.92 Å². The number of esters is 1. The summed E-state index contributed by atoms with van der Waals surface area (Å²) in [6, 6.07) is 0. The third kappa shape index (κ3) is 4.88. The number of unbranched alkanes of at least 4 members (excludes halogenated alkanes) is 1. The third-order valence-electron chi connectivity index (χ3n) is 1.86. The van der Waals surface area contributed by atoms with Crippen molar-refractivity contribution >= 4 is 5.97 Å². The molecule has 0 aliphatic carbocycles. The lowest BCUT2D eigenvalue weighted by Gasteiger charge is -2.23. The number of nitrogens with two attached hydrogens (primary N) is 1. The minimum atomic E-state index is -0.819. The number of hydrogen-bond acceptors (Lipinski definition) is 3. The van der Waals surface area contributed by atoms with Gasteiger partial charge in [-0.25, -0.2) is 0 Å². The van der Waals surface area contributed by atoms with Gasteiger partial charge in [0.15, 0.2) is 0 Å². The largest absolute Gasteiger partial charge is 0.462 e. The van der Waals surface area contributed by atoms with E-state index >= 15 is 0 Å². The third-order valence-corrected chi connectivity index (χ3v) is 1.86. The second kappa shape index (κ2) is 5.22. The lowest BCUT2D eigenvalue weighted by Crippen LogP contribution is -2.46. The predicted octanol–water partition coefficient (Wildman–Crippen LogP) is 1.85. The molecule has 1 unspecified atom stereocenters. The maximum absolute atomic E-state index is 11.4. The summed E-state index contributed by atoms with van der Waals surface area (Å²) in [5.74, 6) is -0.295. The van der Waals surface area contributed by atoms with E-state index < -0.39 is 5.54 Å². The molecule has 0 aromatic carbocycles. The van der Waals surface area contributed by atoms with Gasteiger partial charge in [0, 0.05) is 0 Å². The van der Waals surface area contributed by atoms with Gasteiger partial charge in [0.1, 0.15) is 5.54 Å². The van der Waals surface area contributed by atoms with Crippen LogP contribution in [0.4, 0.5) is 0 Å². The Balaban J connectivity index is 4.03. The van der Waals surface area contributed by atoms with Crippen molar-refractivity contribution in [1.82, 2.24) is 0 Å². The Labute approximate surface area is 80.6 Å². The molecule has 0 bridgehead atoms. The molecule has 0 radical (unpaired) electrons. The van der Waals surface area contributed by atoms with Crippen molar-refractivity contribution in [2.45, 2.75) is 58.6 Å². The average Bonchev–Trinajstić information content (AvgIpc) is 1.99. The van der Waals surface area contributed by atoms with Crippen molar-refractivity contribution in [1.29, 1.82) is 0 Å². The molecule has 0 aliphatic heterocycles. The normalized spacial score (nSPS) is 15.5. The van der Waals surface area contributed by atoms with Gasteiger partial charge in [-0.2, -0.15) is 0 Å². The molecule has 0 heterocycles. The highest BCUT2D eigenvalue weighted by atomic mass is 16.5. The number of ether oxygens (including phenoxy) is 1. The zero-order valence-corrected chi connectivity index (χ0v) is 9.09. The smallest absolute Gasteiger partial charge is 0.326 e. The fourth-order valence-corrected chi connectivity index (χ4v) is 0.995. The van der Waals surface area contributed by atoms with Crippen molar-refractivity contribution in [3.63, 3.8) is 0 Å². The molecule has 13 heavy (non-hydrogen) atoms. The van der Waals surface area contributed by atoms with Crippen molar-refractivity contribution < 1.29 is 9.53 Å². The maximum Gasteiger partial charge on any atom is 0.326 e. The topological polar surface area (TPSA) is 52.3 Å². The first kappa shape index (κ1) is 12.4. The Bertz CT molecular complexity index is 164. The summed E-state index contributed by atoms with van der Waals surface area (Å²) < 4.78 is 5.05. The quantitative estimate of drug-likeness (QED) is 0.668. The summed E-state index contributed by atoms with van der Waals surface area (Å²) >= 11 is 0. The van der Waals surface area contributed by atoms with Crippen LogP contribution < -0.4 is 5.73 Å². The van der Waals surface area contributed by atoms with Crippen LogP contribution in [0.3, 0.4) is 0 Å². The molecule has 3 nitrogen and oxygen atoms in total. The summed E-state index contributed by atoms with van der Waals surface area (Å²) in [5, 5.41) is 0. The van der Waals surface area contributed by atoms with Gasteiger partial charge < -0.3 is 10.5 Å². The highest BCUT2D eigenvalue weighted by Crippen LogP contribution is 2.13. The molecule has 0 fully saturated rings. The van der Waals surface area contributed by atoms with Gasteiger partial charge in [0.05, 0.1) is 6.10 Å². The number of hydrogen-bond donors (Lipinski definition) is 1. The van der Waals surface area contributed by atoms with Gasteiger partial charge in [0.25, 0.3) is 0 Å². The summed E-state index contributed by atoms with van der Waals surface area (Å²) in [5.41, 5.74) is 5.00. The highest BCUT2D eigenvalue weighted by molar-refractivity contribution is 5.80. The summed E-state index contributed by atoms with van der Waals surface area (Å²) in [6.07, 6.45) is 2.61. The zero-order valence-electron chi connectivity index (χ0n) is 9.09. The lowest BCUT2D eigenvalue weighted by atomic mass is 9.96. The standard InChI is InChI=1S/C10H21NO2/c1-5-6-7-10(4,11)9(12)13-8(2)3/h8H,5-7,11H2,1-4H3. The van der Waals surface area contributed by atoms with E-state index in [0.29, 0.717) is 6.42 Å². The van der Waals surface area contributed by atoms with E-state index in [4.69, 9.17) is 10.5 Å². The van der Waals surface area contributed by atoms with Crippen LogP contribution in [0.1, 0.15) is 47.0 Å². The van der Waals surface area contributed by atoms with Crippen LogP contribution in [0.15, 0.2) is 0 Å². The Morgan fingerprint density at radius 3 is 2.46 bits per heavy atom. The molecular formula is C10H21NO2. The number of carbonyl (C=O) groups is 1. The Hall–Kier alpha value is -0.570. The number of rotatable bonds is 5. The van der Waals surface area contributed by atoms with Crippen LogP contribution in [0.2, 0.25) is 0 Å². The van der Waals surface area contributed by atoms with Gasteiger partial charge in [-0.15, -0.1) is 0 Å². The molecule has 2 N–H and O–H groups in total. The van der Waals surface area contributed by atoms with Crippen LogP contribution in [0.5, 0.6) is 0 Å². The van der Waals surface area contributed by atoms with Crippen LogP contribution in [-0.4, -0.2) is 17.6 Å². The average molecular weight is 187 g/mol. The fraction of sp³-hybridized carbons (Fsp3) is 0.900. The van der Waals surface area contributed by atoms with Gasteiger partial charge in [-0.05, 0) is 27.2 Å². The summed E-state index contributed by atoms with van der Waals surface area (Å²) in [7, 11) is 0. The Morgan fingerprint density at radius 2 is 2.08 bits per heavy atom. The highest BCUT2D eigenvalue weighted by Gasteiger charge is 2.29. The first-order valence-electron chi connectivity index (χ1n) is 4.90. The van der Waals surface area contributed by atoms with Crippen molar-refractivity contribution in [3.8, 4) is 0 Å². The summed E-state index contributed by atoms with van der Waals surface area (Å²) in [4.78, 5) is 11.4. The van der Waals surface area contributed by atoms with Crippen molar-refractivity contribution in [2.75, 3.05) is 0 Å². The molecule has 0 aromatic heterocycles. The monoisotopic (exact) mass is 187 g/mol. The summed E-state index contributed by atoms with van der Waals surface area (Å²) in [6.45, 7) is 7.46. The molecule has 0 amide bonds. The van der Waals surface area contributed by atoms with Gasteiger partial charge in [-0.1, -0.05) is 19.8 Å². The van der Waals surface area contributed by atoms with Crippen LogP contribution >= 0.6 is 0 Å². The lowest BCUT2D eigenvalue weighted by molar-refractivity contribution is -0.153. The minimum Gasteiger partial charge on any atom is -0.462 e. The second-order valence-electron chi connectivity index (χ2n) is 3.98. The van der Waals surface area contributed by atoms with E-state index in [1.807, 2.05) is 13.8 Å². The second-order valence-corrected chi connectivity index (χ2v) is 3.98. The van der Waals surface area contributed by atoms with Gasteiger partial charge in [-0.3, -0.25) is 4.79 Å². The van der Waals surface area contributed by atoms with Gasteiger partial charge >= 0.3 is 5.97 Å². The molecule has 78 valence electrons. The SMILES string of the molecule is CCCCC(C)(N)C(=O)OC(C)C. The molecule has 3 heteroatoms. The fourth-order valence-electron chi connectivity index (χ4n) is 0.995. The van der Waals surface area contributed by atoms with Crippen LogP contribution in [0.25, 0.3) is 0 Å². The maximum atomic E-state index is 11.4. The molecule has 0 saturated heterocycles. The Morgan fingerprint density at radius 1 is 1.54 bits per heavy atom. The van der Waals surface area contributed by atoms with Crippen molar-refractivity contribution in [3.05, 3.63) is 0 Å². The minimum absolute atomic E-state index is 0.0861. The Kier molecular flexibility index (Phi) is 4.99. The molecular weight excluding hydrogens is 166 g/mol. The number of carbonyl (C=O) groups excluding carboxylic acids is 1.